The van der Waals surface area contributed by atoms with E-state index in [1.165, 1.54) is 24.8 Å². The molecule has 1 aliphatic rings. The van der Waals surface area contributed by atoms with E-state index in [1.54, 1.807) is 7.11 Å². The van der Waals surface area contributed by atoms with Gasteiger partial charge in [0.05, 0.1) is 12.7 Å². The van der Waals surface area contributed by atoms with Gasteiger partial charge in [0.15, 0.2) is 0 Å². The molecule has 0 radical (unpaired) electrons. The Morgan fingerprint density at radius 1 is 1.25 bits per heavy atom. The van der Waals surface area contributed by atoms with Crippen LogP contribution in [-0.4, -0.2) is 19.1 Å². The first-order chi connectivity index (χ1) is 9.61. The minimum atomic E-state index is -0.00347. The molecule has 1 N–H and O–H groups in total. The number of hydrogen-bond acceptors (Lipinski definition) is 2. The van der Waals surface area contributed by atoms with E-state index in [-0.39, 0.29) is 5.91 Å². The van der Waals surface area contributed by atoms with Crippen LogP contribution in [0.3, 0.4) is 0 Å². The molecule has 1 fully saturated rings. The minimum Gasteiger partial charge on any atom is -0.496 e. The van der Waals surface area contributed by atoms with Crippen LogP contribution in [0.25, 0.3) is 0 Å². The van der Waals surface area contributed by atoms with Gasteiger partial charge in [0.1, 0.15) is 5.75 Å². The molecular weight excluding hydrogens is 250 g/mol. The van der Waals surface area contributed by atoms with Crippen LogP contribution in [-0.2, 0) is 0 Å². The monoisotopic (exact) mass is 275 g/mol. The fraction of sp³-hybridized carbons (Fsp3) is 0.588. The normalized spacial score (nSPS) is 16.2. The van der Waals surface area contributed by atoms with Crippen molar-refractivity contribution in [2.24, 2.45) is 0 Å². The maximum absolute atomic E-state index is 12.5. The summed E-state index contributed by atoms with van der Waals surface area (Å²) < 4.78 is 5.33. The lowest BCUT2D eigenvalue weighted by Crippen LogP contribution is -2.36. The number of amides is 1. The zero-order chi connectivity index (χ0) is 14.5. The average Bonchev–Trinajstić information content (AvgIpc) is 2.47. The molecular formula is C17H25NO2. The van der Waals surface area contributed by atoms with Crippen molar-refractivity contribution in [2.45, 2.75) is 57.9 Å². The molecule has 1 aromatic rings. The number of hydrogen-bond donors (Lipinski definition) is 1. The summed E-state index contributed by atoms with van der Waals surface area (Å²) in [7, 11) is 1.61. The molecule has 1 aliphatic carbocycles. The van der Waals surface area contributed by atoms with Crippen LogP contribution in [0, 0.1) is 0 Å². The van der Waals surface area contributed by atoms with E-state index in [4.69, 9.17) is 4.74 Å². The molecule has 1 amide bonds. The van der Waals surface area contributed by atoms with Crippen molar-refractivity contribution >= 4 is 5.91 Å². The Hall–Kier alpha value is -1.51. The number of ether oxygens (including phenoxy) is 1. The Morgan fingerprint density at radius 2 is 1.95 bits per heavy atom. The van der Waals surface area contributed by atoms with E-state index in [0.29, 0.717) is 23.3 Å². The molecule has 0 aromatic heterocycles. The van der Waals surface area contributed by atoms with Crippen molar-refractivity contribution in [1.29, 1.82) is 0 Å². The van der Waals surface area contributed by atoms with E-state index in [9.17, 15) is 4.79 Å². The predicted molar refractivity (Wildman–Crippen MR) is 81.4 cm³/mol. The molecule has 2 rings (SSSR count). The minimum absolute atomic E-state index is 0.00347. The first kappa shape index (κ1) is 14.9. The standard InChI is InChI=1S/C17H25NO2/c1-12(2)13-9-10-16(20-3)15(11-13)17(19)18-14-7-5-4-6-8-14/h9-12,14H,4-8H2,1-3H3,(H,18,19). The number of carbonyl (C=O) groups excluding carboxylic acids is 1. The Balaban J connectivity index is 2.16. The topological polar surface area (TPSA) is 38.3 Å². The highest BCUT2D eigenvalue weighted by atomic mass is 16.5. The van der Waals surface area contributed by atoms with Crippen LogP contribution in [0.1, 0.15) is 67.8 Å². The van der Waals surface area contributed by atoms with Crippen LogP contribution >= 0.6 is 0 Å². The van der Waals surface area contributed by atoms with Crippen LogP contribution in [0.2, 0.25) is 0 Å². The van der Waals surface area contributed by atoms with Gasteiger partial charge in [-0.05, 0) is 36.5 Å². The number of methoxy groups -OCH3 is 1. The summed E-state index contributed by atoms with van der Waals surface area (Å²) in [5, 5.41) is 3.16. The maximum Gasteiger partial charge on any atom is 0.255 e. The summed E-state index contributed by atoms with van der Waals surface area (Å²) >= 11 is 0. The largest absolute Gasteiger partial charge is 0.496 e. The van der Waals surface area contributed by atoms with E-state index in [2.05, 4.69) is 19.2 Å². The van der Waals surface area contributed by atoms with Gasteiger partial charge in [-0.25, -0.2) is 0 Å². The zero-order valence-corrected chi connectivity index (χ0v) is 12.7. The third-order valence-corrected chi connectivity index (χ3v) is 4.08. The molecule has 1 saturated carbocycles. The van der Waals surface area contributed by atoms with Crippen LogP contribution < -0.4 is 10.1 Å². The summed E-state index contributed by atoms with van der Waals surface area (Å²) in [5.74, 6) is 1.06. The molecule has 0 unspecified atom stereocenters. The average molecular weight is 275 g/mol. The van der Waals surface area contributed by atoms with Crippen LogP contribution in [0.4, 0.5) is 0 Å². The quantitative estimate of drug-likeness (QED) is 0.905. The van der Waals surface area contributed by atoms with Gasteiger partial charge in [-0.15, -0.1) is 0 Å². The lowest BCUT2D eigenvalue weighted by Gasteiger charge is -2.23. The molecule has 3 heteroatoms. The molecule has 1 aromatic carbocycles. The van der Waals surface area contributed by atoms with Gasteiger partial charge >= 0.3 is 0 Å². The maximum atomic E-state index is 12.5. The summed E-state index contributed by atoms with van der Waals surface area (Å²) in [6.45, 7) is 4.26. The molecule has 0 atom stereocenters. The van der Waals surface area contributed by atoms with Crippen molar-refractivity contribution in [3.05, 3.63) is 29.3 Å². The Labute approximate surface area is 121 Å². The van der Waals surface area contributed by atoms with Crippen molar-refractivity contribution in [3.8, 4) is 5.75 Å². The third kappa shape index (κ3) is 3.53. The van der Waals surface area contributed by atoms with Crippen LogP contribution in [0.15, 0.2) is 18.2 Å². The summed E-state index contributed by atoms with van der Waals surface area (Å²) in [6, 6.07) is 6.21. The van der Waals surface area contributed by atoms with Crippen molar-refractivity contribution < 1.29 is 9.53 Å². The highest BCUT2D eigenvalue weighted by Crippen LogP contribution is 2.25. The first-order valence-corrected chi connectivity index (χ1v) is 7.60. The van der Waals surface area contributed by atoms with Gasteiger partial charge in [-0.2, -0.15) is 0 Å². The van der Waals surface area contributed by atoms with E-state index < -0.39 is 0 Å². The fourth-order valence-corrected chi connectivity index (χ4v) is 2.77. The summed E-state index contributed by atoms with van der Waals surface area (Å²) in [6.07, 6.45) is 5.91. The van der Waals surface area contributed by atoms with Gasteiger partial charge in [0, 0.05) is 6.04 Å². The van der Waals surface area contributed by atoms with E-state index >= 15 is 0 Å². The van der Waals surface area contributed by atoms with Gasteiger partial charge in [-0.1, -0.05) is 39.2 Å². The highest BCUT2D eigenvalue weighted by molar-refractivity contribution is 5.97. The molecule has 110 valence electrons. The van der Waals surface area contributed by atoms with Gasteiger partial charge < -0.3 is 10.1 Å². The van der Waals surface area contributed by atoms with E-state index in [0.717, 1.165) is 12.8 Å². The first-order valence-electron chi connectivity index (χ1n) is 7.60. The Bertz CT molecular complexity index is 462. The molecule has 0 saturated heterocycles. The van der Waals surface area contributed by atoms with Crippen molar-refractivity contribution in [3.63, 3.8) is 0 Å². The summed E-state index contributed by atoms with van der Waals surface area (Å²) in [4.78, 5) is 12.5. The number of benzene rings is 1. The van der Waals surface area contributed by atoms with Crippen molar-refractivity contribution in [1.82, 2.24) is 5.32 Å². The van der Waals surface area contributed by atoms with Crippen molar-refractivity contribution in [2.75, 3.05) is 7.11 Å². The van der Waals surface area contributed by atoms with Crippen LogP contribution in [0.5, 0.6) is 5.75 Å². The van der Waals surface area contributed by atoms with Gasteiger partial charge in [0.2, 0.25) is 0 Å². The van der Waals surface area contributed by atoms with Gasteiger partial charge in [0.25, 0.3) is 5.91 Å². The third-order valence-electron chi connectivity index (χ3n) is 4.08. The number of nitrogens with one attached hydrogen (secondary N) is 1. The predicted octanol–water partition coefficient (Wildman–Crippen LogP) is 3.88. The smallest absolute Gasteiger partial charge is 0.255 e. The molecule has 0 heterocycles. The van der Waals surface area contributed by atoms with E-state index in [1.807, 2.05) is 18.2 Å². The lowest BCUT2D eigenvalue weighted by molar-refractivity contribution is 0.0924. The molecule has 3 nitrogen and oxygen atoms in total. The zero-order valence-electron chi connectivity index (χ0n) is 12.7. The molecule has 20 heavy (non-hydrogen) atoms. The fourth-order valence-electron chi connectivity index (χ4n) is 2.77. The van der Waals surface area contributed by atoms with Gasteiger partial charge in [-0.3, -0.25) is 4.79 Å². The molecule has 0 spiro atoms. The Kier molecular flexibility index (Phi) is 5.05. The lowest BCUT2D eigenvalue weighted by atomic mass is 9.95. The second-order valence-corrected chi connectivity index (χ2v) is 5.92. The SMILES string of the molecule is COc1ccc(C(C)C)cc1C(=O)NC1CCCCC1. The number of rotatable bonds is 4. The summed E-state index contributed by atoms with van der Waals surface area (Å²) in [5.41, 5.74) is 1.82. The highest BCUT2D eigenvalue weighted by Gasteiger charge is 2.19. The Morgan fingerprint density at radius 3 is 2.55 bits per heavy atom. The molecule has 0 aliphatic heterocycles. The second kappa shape index (κ2) is 6.78. The molecule has 0 bridgehead atoms. The number of carbonyl (C=O) groups is 1. The second-order valence-electron chi connectivity index (χ2n) is 5.92.